The standard InChI is InChI=1S/C31H30N6O5S.CH4/c1-20(21-9-4-3-5-10-21)32-19-29(39)33-22-11-8-12-26(17-22)43(40,41)37-31-30(35-27-13-6-7-14-28(27)36-31)34-23-15-24(38)18-25(16-23)42-2;/h3-18,20,32,38H,19H2,1-2H3,(H,33,39)(H,34,35)(H,36,37);1H4. The molecule has 11 nitrogen and oxygen atoms in total. The summed E-state index contributed by atoms with van der Waals surface area (Å²) in [6.45, 7) is 1.99. The van der Waals surface area contributed by atoms with Gasteiger partial charge in [0, 0.05) is 35.6 Å². The second-order valence-electron chi connectivity index (χ2n) is 9.65. The van der Waals surface area contributed by atoms with Crippen molar-refractivity contribution in [3.63, 3.8) is 0 Å². The van der Waals surface area contributed by atoms with Crippen molar-refractivity contribution >= 4 is 50.0 Å². The highest BCUT2D eigenvalue weighted by atomic mass is 32.2. The number of hydrogen-bond acceptors (Lipinski definition) is 9. The van der Waals surface area contributed by atoms with Crippen molar-refractivity contribution < 1.29 is 23.1 Å². The number of fused-ring (bicyclic) bond motifs is 1. The average molecular weight is 615 g/mol. The molecule has 1 atom stereocenters. The maximum absolute atomic E-state index is 13.5. The number of sulfonamides is 1. The molecule has 0 radical (unpaired) electrons. The lowest BCUT2D eigenvalue weighted by Crippen LogP contribution is -2.30. The SMILES string of the molecule is C.COc1cc(O)cc(Nc2nc3ccccc3nc2NS(=O)(=O)c2cccc(NC(=O)CNC(C)c3ccccc3)c2)c1. The number of rotatable bonds is 11. The van der Waals surface area contributed by atoms with Crippen molar-refractivity contribution in [3.8, 4) is 11.5 Å². The van der Waals surface area contributed by atoms with Gasteiger partial charge < -0.3 is 25.8 Å². The number of hydrogen-bond donors (Lipinski definition) is 5. The van der Waals surface area contributed by atoms with E-state index in [2.05, 4.69) is 30.6 Å². The highest BCUT2D eigenvalue weighted by Gasteiger charge is 2.20. The molecule has 44 heavy (non-hydrogen) atoms. The summed E-state index contributed by atoms with van der Waals surface area (Å²) in [6.07, 6.45) is 0. The van der Waals surface area contributed by atoms with Crippen molar-refractivity contribution in [2.75, 3.05) is 29.0 Å². The molecule has 5 aromatic rings. The number of benzene rings is 4. The Morgan fingerprint density at radius 3 is 2.25 bits per heavy atom. The van der Waals surface area contributed by atoms with E-state index in [0.717, 1.165) is 5.56 Å². The normalized spacial score (nSPS) is 11.7. The number of amides is 1. The monoisotopic (exact) mass is 614 g/mol. The third-order valence-corrected chi connectivity index (χ3v) is 7.82. The Morgan fingerprint density at radius 2 is 1.55 bits per heavy atom. The molecule has 0 bridgehead atoms. The smallest absolute Gasteiger partial charge is 0.263 e. The minimum absolute atomic E-state index is 0. The number of nitrogens with zero attached hydrogens (tertiary/aromatic N) is 2. The van der Waals surface area contributed by atoms with Crippen LogP contribution in [0.2, 0.25) is 0 Å². The minimum atomic E-state index is -4.17. The summed E-state index contributed by atoms with van der Waals surface area (Å²) in [5.74, 6) is 0.0644. The number of ether oxygens (including phenoxy) is 1. The molecule has 5 N–H and O–H groups in total. The van der Waals surface area contributed by atoms with Crippen LogP contribution in [0.5, 0.6) is 11.5 Å². The van der Waals surface area contributed by atoms with E-state index in [1.165, 1.54) is 37.4 Å². The number of phenolic OH excluding ortho intramolecular Hbond substituents is 1. The van der Waals surface area contributed by atoms with E-state index in [9.17, 15) is 18.3 Å². The van der Waals surface area contributed by atoms with Gasteiger partial charge in [0.15, 0.2) is 11.6 Å². The van der Waals surface area contributed by atoms with Crippen LogP contribution in [0.1, 0.15) is 26.0 Å². The van der Waals surface area contributed by atoms with Crippen LogP contribution in [0.4, 0.5) is 23.0 Å². The van der Waals surface area contributed by atoms with E-state index in [1.807, 2.05) is 37.3 Å². The Kier molecular flexibility index (Phi) is 9.99. The summed E-state index contributed by atoms with van der Waals surface area (Å²) in [7, 11) is -2.71. The molecule has 1 unspecified atom stereocenters. The molecule has 1 heterocycles. The molecule has 12 heteroatoms. The van der Waals surface area contributed by atoms with Gasteiger partial charge in [-0.1, -0.05) is 56.0 Å². The lowest BCUT2D eigenvalue weighted by atomic mass is 10.1. The first-order valence-electron chi connectivity index (χ1n) is 13.3. The van der Waals surface area contributed by atoms with Crippen LogP contribution >= 0.6 is 0 Å². The van der Waals surface area contributed by atoms with Gasteiger partial charge in [0.2, 0.25) is 5.91 Å². The van der Waals surface area contributed by atoms with E-state index in [1.54, 1.807) is 36.4 Å². The van der Waals surface area contributed by atoms with Gasteiger partial charge in [0.25, 0.3) is 10.0 Å². The maximum Gasteiger partial charge on any atom is 0.263 e. The van der Waals surface area contributed by atoms with Gasteiger partial charge in [-0.3, -0.25) is 9.52 Å². The number of phenols is 1. The maximum atomic E-state index is 13.5. The number of para-hydroxylation sites is 2. The zero-order valence-electron chi connectivity index (χ0n) is 23.4. The zero-order valence-corrected chi connectivity index (χ0v) is 24.2. The highest BCUT2D eigenvalue weighted by molar-refractivity contribution is 7.92. The Morgan fingerprint density at radius 1 is 0.864 bits per heavy atom. The van der Waals surface area contributed by atoms with Crippen LogP contribution in [-0.2, 0) is 14.8 Å². The molecule has 0 aliphatic heterocycles. The second-order valence-corrected chi connectivity index (χ2v) is 11.3. The quantitative estimate of drug-likeness (QED) is 0.124. The van der Waals surface area contributed by atoms with Crippen LogP contribution in [0.25, 0.3) is 11.0 Å². The Bertz CT molecular complexity index is 1870. The summed E-state index contributed by atoms with van der Waals surface area (Å²) < 4.78 is 34.8. The molecule has 1 aromatic heterocycles. The third kappa shape index (κ3) is 7.79. The van der Waals surface area contributed by atoms with Crippen LogP contribution in [-0.4, -0.2) is 43.1 Å². The number of aromatic nitrogens is 2. The van der Waals surface area contributed by atoms with Gasteiger partial charge in [-0.15, -0.1) is 0 Å². The van der Waals surface area contributed by atoms with Crippen molar-refractivity contribution in [1.29, 1.82) is 0 Å². The van der Waals surface area contributed by atoms with Crippen molar-refractivity contribution in [1.82, 2.24) is 15.3 Å². The van der Waals surface area contributed by atoms with Crippen LogP contribution in [0.3, 0.4) is 0 Å². The first-order valence-corrected chi connectivity index (χ1v) is 14.8. The number of nitrogens with one attached hydrogen (secondary N) is 4. The molecule has 228 valence electrons. The van der Waals surface area contributed by atoms with Crippen LogP contribution in [0, 0.1) is 0 Å². The predicted molar refractivity (Wildman–Crippen MR) is 173 cm³/mol. The number of anilines is 4. The first-order chi connectivity index (χ1) is 20.7. The molecule has 0 aliphatic carbocycles. The van der Waals surface area contributed by atoms with Crippen LogP contribution in [0.15, 0.2) is 102 Å². The molecule has 1 amide bonds. The minimum Gasteiger partial charge on any atom is -0.508 e. The fourth-order valence-corrected chi connectivity index (χ4v) is 5.36. The van der Waals surface area contributed by atoms with E-state index >= 15 is 0 Å². The van der Waals surface area contributed by atoms with Gasteiger partial charge in [0.05, 0.1) is 29.6 Å². The zero-order chi connectivity index (χ0) is 30.4. The lowest BCUT2D eigenvalue weighted by molar-refractivity contribution is -0.115. The topological polar surface area (TPSA) is 155 Å². The van der Waals surface area contributed by atoms with Gasteiger partial charge in [-0.05, 0) is 42.8 Å². The first kappa shape index (κ1) is 31.7. The molecule has 0 aliphatic rings. The predicted octanol–water partition coefficient (Wildman–Crippen LogP) is 5.81. The molecular formula is C32H34N6O5S. The summed E-state index contributed by atoms with van der Waals surface area (Å²) in [5, 5.41) is 19.0. The van der Waals surface area contributed by atoms with E-state index < -0.39 is 10.0 Å². The Hall–Kier alpha value is -5.20. The number of carbonyl (C=O) groups is 1. The fourth-order valence-electron chi connectivity index (χ4n) is 4.31. The lowest BCUT2D eigenvalue weighted by Gasteiger charge is -2.15. The van der Waals surface area contributed by atoms with E-state index in [4.69, 9.17) is 4.74 Å². The number of carbonyl (C=O) groups excluding carboxylic acids is 1. The Balaban J connectivity index is 0.00000442. The summed E-state index contributed by atoms with van der Waals surface area (Å²) in [6, 6.07) is 27.1. The highest BCUT2D eigenvalue weighted by Crippen LogP contribution is 2.31. The van der Waals surface area contributed by atoms with Gasteiger partial charge in [-0.2, -0.15) is 0 Å². The molecule has 5 rings (SSSR count). The fraction of sp³-hybridized carbons (Fsp3) is 0.156. The van der Waals surface area contributed by atoms with E-state index in [0.29, 0.717) is 28.2 Å². The largest absolute Gasteiger partial charge is 0.508 e. The second kappa shape index (κ2) is 13.8. The molecule has 0 saturated carbocycles. The third-order valence-electron chi connectivity index (χ3n) is 6.49. The summed E-state index contributed by atoms with van der Waals surface area (Å²) in [4.78, 5) is 21.6. The summed E-state index contributed by atoms with van der Waals surface area (Å²) in [5.41, 5.74) is 2.76. The van der Waals surface area contributed by atoms with Crippen molar-refractivity contribution in [3.05, 3.63) is 103 Å². The average Bonchev–Trinajstić information content (AvgIpc) is 3.00. The van der Waals surface area contributed by atoms with Crippen molar-refractivity contribution in [2.45, 2.75) is 25.3 Å². The Labute approximate surface area is 256 Å². The van der Waals surface area contributed by atoms with Gasteiger partial charge >= 0.3 is 0 Å². The molecular weight excluding hydrogens is 580 g/mol. The van der Waals surface area contributed by atoms with Crippen LogP contribution < -0.4 is 25.4 Å². The van der Waals surface area contributed by atoms with Crippen molar-refractivity contribution in [2.24, 2.45) is 0 Å². The molecule has 0 spiro atoms. The molecule has 0 saturated heterocycles. The van der Waals surface area contributed by atoms with Gasteiger partial charge in [0.1, 0.15) is 11.5 Å². The van der Waals surface area contributed by atoms with E-state index in [-0.39, 0.29) is 48.2 Å². The molecule has 4 aromatic carbocycles. The number of methoxy groups -OCH3 is 1. The van der Waals surface area contributed by atoms with Gasteiger partial charge in [-0.25, -0.2) is 18.4 Å². The number of aromatic hydroxyl groups is 1. The summed E-state index contributed by atoms with van der Waals surface area (Å²) >= 11 is 0. The molecule has 0 fully saturated rings.